The Morgan fingerprint density at radius 3 is 2.70 bits per heavy atom. The summed E-state index contributed by atoms with van der Waals surface area (Å²) in [6.07, 6.45) is 1.60. The number of hydrogen-bond acceptors (Lipinski definition) is 6. The van der Waals surface area contributed by atoms with E-state index in [4.69, 9.17) is 4.74 Å². The van der Waals surface area contributed by atoms with Gasteiger partial charge in [0, 0.05) is 12.1 Å². The highest BCUT2D eigenvalue weighted by Gasteiger charge is 2.15. The number of esters is 1. The van der Waals surface area contributed by atoms with Crippen LogP contribution in [0.2, 0.25) is 0 Å². The van der Waals surface area contributed by atoms with Crippen molar-refractivity contribution in [1.82, 2.24) is 9.97 Å². The normalized spacial score (nSPS) is 12.2. The van der Waals surface area contributed by atoms with E-state index in [1.54, 1.807) is 37.3 Å². The van der Waals surface area contributed by atoms with Crippen molar-refractivity contribution in [1.29, 1.82) is 0 Å². The molecule has 8 heteroatoms. The van der Waals surface area contributed by atoms with Crippen LogP contribution in [-0.4, -0.2) is 20.9 Å². The van der Waals surface area contributed by atoms with Crippen LogP contribution in [0, 0.1) is 10.1 Å². The number of carbonyl (C=O) groups is 1. The maximum Gasteiger partial charge on any atom is 0.331 e. The monoisotopic (exact) mass is 365 g/mol. The topological polar surface area (TPSA) is 115 Å². The quantitative estimate of drug-likeness (QED) is 0.321. The van der Waals surface area contributed by atoms with Gasteiger partial charge in [-0.15, -0.1) is 0 Å². The van der Waals surface area contributed by atoms with Crippen molar-refractivity contribution in [3.8, 4) is 0 Å². The molecule has 8 nitrogen and oxygen atoms in total. The molecule has 0 fully saturated rings. The number of carbonyl (C=O) groups excluding carboxylic acids is 1. The Balaban J connectivity index is 1.77. The van der Waals surface area contributed by atoms with Crippen LogP contribution < -0.4 is 5.56 Å². The second-order valence-corrected chi connectivity index (χ2v) is 5.70. The van der Waals surface area contributed by atoms with E-state index >= 15 is 0 Å². The highest BCUT2D eigenvalue weighted by molar-refractivity contribution is 5.88. The molecular weight excluding hydrogens is 350 g/mol. The summed E-state index contributed by atoms with van der Waals surface area (Å²) < 4.78 is 5.23. The molecule has 0 aliphatic rings. The predicted molar refractivity (Wildman–Crippen MR) is 99.0 cm³/mol. The molecule has 27 heavy (non-hydrogen) atoms. The van der Waals surface area contributed by atoms with Crippen molar-refractivity contribution >= 4 is 28.6 Å². The molecule has 1 aromatic heterocycles. The maximum absolute atomic E-state index is 12.1. The Kier molecular flexibility index (Phi) is 5.07. The van der Waals surface area contributed by atoms with Gasteiger partial charge in [-0.05, 0) is 31.2 Å². The second-order valence-electron chi connectivity index (χ2n) is 5.70. The number of nitro benzene ring substituents is 1. The van der Waals surface area contributed by atoms with Gasteiger partial charge in [-0.3, -0.25) is 14.9 Å². The Labute approximate surface area is 153 Å². The first-order valence-corrected chi connectivity index (χ1v) is 8.07. The van der Waals surface area contributed by atoms with Crippen LogP contribution in [0.3, 0.4) is 0 Å². The maximum atomic E-state index is 12.1. The number of aromatic nitrogens is 2. The molecule has 0 spiro atoms. The number of aromatic amines is 1. The van der Waals surface area contributed by atoms with Crippen LogP contribution in [0.25, 0.3) is 17.0 Å². The van der Waals surface area contributed by atoms with Crippen LogP contribution >= 0.6 is 0 Å². The molecule has 1 atom stereocenters. The molecule has 1 heterocycles. The Morgan fingerprint density at radius 1 is 1.22 bits per heavy atom. The zero-order valence-corrected chi connectivity index (χ0v) is 14.3. The summed E-state index contributed by atoms with van der Waals surface area (Å²) in [7, 11) is 0. The van der Waals surface area contributed by atoms with E-state index < -0.39 is 17.0 Å². The van der Waals surface area contributed by atoms with E-state index in [1.807, 2.05) is 0 Å². The summed E-state index contributed by atoms with van der Waals surface area (Å²) in [5.41, 5.74) is 0.336. The molecule has 0 saturated heterocycles. The van der Waals surface area contributed by atoms with Gasteiger partial charge in [0.25, 0.3) is 11.2 Å². The molecule has 0 saturated carbocycles. The highest BCUT2D eigenvalue weighted by Crippen LogP contribution is 2.19. The second kappa shape index (κ2) is 7.61. The summed E-state index contributed by atoms with van der Waals surface area (Å²) >= 11 is 0. The van der Waals surface area contributed by atoms with Crippen molar-refractivity contribution in [3.63, 3.8) is 0 Å². The Hall–Kier alpha value is -3.81. The predicted octanol–water partition coefficient (Wildman–Crippen LogP) is 3.15. The first-order valence-electron chi connectivity index (χ1n) is 8.07. The highest BCUT2D eigenvalue weighted by atomic mass is 16.6. The van der Waals surface area contributed by atoms with Crippen molar-refractivity contribution in [2.75, 3.05) is 0 Å². The average molecular weight is 365 g/mol. The number of para-hydroxylation sites is 2. The fourth-order valence-electron chi connectivity index (χ4n) is 2.52. The molecule has 0 unspecified atom stereocenters. The van der Waals surface area contributed by atoms with Gasteiger partial charge < -0.3 is 9.72 Å². The molecule has 136 valence electrons. The number of H-pyrrole nitrogens is 1. The van der Waals surface area contributed by atoms with Crippen LogP contribution in [0.1, 0.15) is 24.4 Å². The smallest absolute Gasteiger partial charge is 0.331 e. The minimum Gasteiger partial charge on any atom is -0.451 e. The standard InChI is InChI=1S/C19H15N3O5/c1-12(18-20-15-8-4-3-7-14(15)19(24)21-18)27-17(23)11-10-13-6-2-5-9-16(13)22(25)26/h2-12H,1H3,(H,20,21,24)/b11-10+/t12-/m1/s1. The molecule has 0 aliphatic heterocycles. The number of nitrogens with zero attached hydrogens (tertiary/aromatic N) is 2. The molecule has 0 aliphatic carbocycles. The number of ether oxygens (including phenoxy) is 1. The number of nitrogens with one attached hydrogen (secondary N) is 1. The van der Waals surface area contributed by atoms with E-state index in [0.717, 1.165) is 6.08 Å². The summed E-state index contributed by atoms with van der Waals surface area (Å²) in [6, 6.07) is 12.9. The van der Waals surface area contributed by atoms with E-state index in [-0.39, 0.29) is 22.6 Å². The lowest BCUT2D eigenvalue weighted by Crippen LogP contribution is -2.16. The van der Waals surface area contributed by atoms with Gasteiger partial charge in [-0.2, -0.15) is 0 Å². The minimum atomic E-state index is -0.801. The number of hydrogen-bond donors (Lipinski definition) is 1. The summed E-state index contributed by atoms with van der Waals surface area (Å²) in [5, 5.41) is 11.4. The lowest BCUT2D eigenvalue weighted by Gasteiger charge is -2.11. The van der Waals surface area contributed by atoms with Gasteiger partial charge in [0.15, 0.2) is 11.9 Å². The minimum absolute atomic E-state index is 0.116. The third kappa shape index (κ3) is 4.06. The van der Waals surface area contributed by atoms with Gasteiger partial charge in [0.2, 0.25) is 0 Å². The zero-order chi connectivity index (χ0) is 19.4. The average Bonchev–Trinajstić information content (AvgIpc) is 2.66. The number of benzene rings is 2. The largest absolute Gasteiger partial charge is 0.451 e. The SMILES string of the molecule is C[C@@H](OC(=O)/C=C/c1ccccc1[N+](=O)[O-])c1nc2ccccc2c(=O)[nH]1. The number of fused-ring (bicyclic) bond motifs is 1. The van der Waals surface area contributed by atoms with Crippen LogP contribution in [-0.2, 0) is 9.53 Å². The van der Waals surface area contributed by atoms with Crippen molar-refractivity contribution < 1.29 is 14.5 Å². The number of nitro groups is 1. The first-order chi connectivity index (χ1) is 13.0. The molecule has 0 bridgehead atoms. The van der Waals surface area contributed by atoms with E-state index in [2.05, 4.69) is 9.97 Å². The van der Waals surface area contributed by atoms with Gasteiger partial charge in [0.05, 0.1) is 21.4 Å². The molecule has 0 amide bonds. The molecule has 3 rings (SSSR count). The third-order valence-electron chi connectivity index (χ3n) is 3.84. The lowest BCUT2D eigenvalue weighted by atomic mass is 10.1. The Bertz CT molecular complexity index is 1100. The van der Waals surface area contributed by atoms with Gasteiger partial charge in [0.1, 0.15) is 0 Å². The summed E-state index contributed by atoms with van der Waals surface area (Å²) in [6.45, 7) is 1.57. The van der Waals surface area contributed by atoms with Crippen molar-refractivity contribution in [2.24, 2.45) is 0 Å². The summed E-state index contributed by atoms with van der Waals surface area (Å²) in [5.74, 6) is -0.498. The molecule has 0 radical (unpaired) electrons. The lowest BCUT2D eigenvalue weighted by molar-refractivity contribution is -0.385. The van der Waals surface area contributed by atoms with Crippen LogP contribution in [0.5, 0.6) is 0 Å². The summed E-state index contributed by atoms with van der Waals surface area (Å²) in [4.78, 5) is 41.5. The van der Waals surface area contributed by atoms with Crippen molar-refractivity contribution in [2.45, 2.75) is 13.0 Å². The van der Waals surface area contributed by atoms with E-state index in [0.29, 0.717) is 10.9 Å². The zero-order valence-electron chi connectivity index (χ0n) is 14.3. The van der Waals surface area contributed by atoms with Crippen molar-refractivity contribution in [3.05, 3.63) is 86.5 Å². The molecule has 2 aromatic carbocycles. The fourth-order valence-corrected chi connectivity index (χ4v) is 2.52. The Morgan fingerprint density at radius 2 is 1.93 bits per heavy atom. The number of rotatable bonds is 5. The molecular formula is C19H15N3O5. The third-order valence-corrected chi connectivity index (χ3v) is 3.84. The molecule has 3 aromatic rings. The van der Waals surface area contributed by atoms with Crippen LogP contribution in [0.4, 0.5) is 5.69 Å². The van der Waals surface area contributed by atoms with E-state index in [1.165, 1.54) is 24.3 Å². The van der Waals surface area contributed by atoms with Gasteiger partial charge in [-0.1, -0.05) is 24.3 Å². The fraction of sp³-hybridized carbons (Fsp3) is 0.105. The molecule has 1 N–H and O–H groups in total. The first kappa shape index (κ1) is 18.0. The van der Waals surface area contributed by atoms with Crippen LogP contribution in [0.15, 0.2) is 59.4 Å². The van der Waals surface area contributed by atoms with Gasteiger partial charge >= 0.3 is 5.97 Å². The van der Waals surface area contributed by atoms with Gasteiger partial charge in [-0.25, -0.2) is 9.78 Å². The van der Waals surface area contributed by atoms with E-state index in [9.17, 15) is 19.7 Å².